The lowest BCUT2D eigenvalue weighted by Gasteiger charge is -2.51. The van der Waals surface area contributed by atoms with Crippen molar-refractivity contribution in [3.63, 3.8) is 0 Å². The molecule has 0 heterocycles. The van der Waals surface area contributed by atoms with Crippen molar-refractivity contribution in [2.45, 2.75) is 37.0 Å². The van der Waals surface area contributed by atoms with Gasteiger partial charge in [-0.05, 0) is 85.6 Å². The Balaban J connectivity index is 1.54. The highest BCUT2D eigenvalue weighted by Crippen LogP contribution is 2.58. The summed E-state index contributed by atoms with van der Waals surface area (Å²) in [7, 11) is -0.374. The van der Waals surface area contributed by atoms with Crippen LogP contribution in [0.2, 0.25) is 0 Å². The van der Waals surface area contributed by atoms with Gasteiger partial charge in [-0.25, -0.2) is 8.42 Å². The summed E-state index contributed by atoms with van der Waals surface area (Å²) in [5.41, 5.74) is 2.77. The Kier molecular flexibility index (Phi) is 5.21. The molecule has 4 bridgehead atoms. The summed E-state index contributed by atoms with van der Waals surface area (Å²) in [6.45, 7) is 0. The van der Waals surface area contributed by atoms with Gasteiger partial charge in [0.05, 0.1) is 24.8 Å². The predicted molar refractivity (Wildman–Crippen MR) is 121 cm³/mol. The average molecular weight is 440 g/mol. The van der Waals surface area contributed by atoms with E-state index in [1.165, 1.54) is 37.7 Å². The fraction of sp³-hybridized carbons (Fsp3) is 0.440. The van der Waals surface area contributed by atoms with Crippen LogP contribution in [0.1, 0.15) is 37.7 Å². The number of hydrogen-bond donors (Lipinski definition) is 1. The van der Waals surface area contributed by atoms with Crippen molar-refractivity contribution in [2.75, 3.05) is 18.9 Å². The third-order valence-electron chi connectivity index (χ3n) is 7.19. The van der Waals surface area contributed by atoms with E-state index in [1.54, 1.807) is 50.6 Å². The van der Waals surface area contributed by atoms with Crippen molar-refractivity contribution in [2.24, 2.45) is 23.7 Å². The molecule has 4 aliphatic rings. The van der Waals surface area contributed by atoms with Crippen LogP contribution in [0.5, 0.6) is 5.75 Å². The number of anilines is 1. The average Bonchev–Trinajstić information content (AvgIpc) is 2.75. The van der Waals surface area contributed by atoms with Crippen molar-refractivity contribution in [1.29, 1.82) is 0 Å². The fourth-order valence-corrected chi connectivity index (χ4v) is 7.25. The number of allylic oxidation sites excluding steroid dienone is 1. The van der Waals surface area contributed by atoms with Crippen molar-refractivity contribution < 1.29 is 17.9 Å². The molecule has 0 radical (unpaired) electrons. The van der Waals surface area contributed by atoms with Gasteiger partial charge >= 0.3 is 0 Å². The van der Waals surface area contributed by atoms with E-state index < -0.39 is 10.0 Å². The molecule has 31 heavy (non-hydrogen) atoms. The summed E-state index contributed by atoms with van der Waals surface area (Å²) in [5, 5.41) is 0. The largest absolute Gasteiger partial charge is 0.497 e. The molecule has 5 nitrogen and oxygen atoms in total. The van der Waals surface area contributed by atoms with Gasteiger partial charge in [-0.15, -0.1) is 0 Å². The molecule has 1 N–H and O–H groups in total. The number of benzene rings is 2. The number of ether oxygens (including phenoxy) is 2. The zero-order valence-corrected chi connectivity index (χ0v) is 18.8. The Labute approximate surface area is 184 Å². The molecule has 4 saturated carbocycles. The van der Waals surface area contributed by atoms with E-state index in [1.807, 2.05) is 12.1 Å². The zero-order valence-electron chi connectivity index (χ0n) is 18.0. The van der Waals surface area contributed by atoms with Crippen molar-refractivity contribution in [1.82, 2.24) is 0 Å². The van der Waals surface area contributed by atoms with Gasteiger partial charge in [0.15, 0.2) is 0 Å². The number of sulfonamides is 1. The second-order valence-corrected chi connectivity index (χ2v) is 10.8. The second-order valence-electron chi connectivity index (χ2n) is 9.16. The van der Waals surface area contributed by atoms with E-state index >= 15 is 0 Å². The standard InChI is InChI=1S/C25H29NO4S/c1-29-22-14-20(13-21(15-22)26-31(27,28)23-6-4-3-5-7-23)25(30-2)24-18-9-16-8-17(11-18)12-19(24)10-16/h3-7,13-19,26H,8-12H2,1-2H3. The Morgan fingerprint density at radius 3 is 2.13 bits per heavy atom. The third kappa shape index (κ3) is 3.82. The molecule has 6 rings (SSSR count). The van der Waals surface area contributed by atoms with E-state index in [9.17, 15) is 8.42 Å². The van der Waals surface area contributed by atoms with Gasteiger partial charge in [-0.1, -0.05) is 18.2 Å². The van der Waals surface area contributed by atoms with Crippen LogP contribution < -0.4 is 9.46 Å². The van der Waals surface area contributed by atoms with Crippen LogP contribution in [0.25, 0.3) is 5.76 Å². The van der Waals surface area contributed by atoms with Crippen LogP contribution in [0.3, 0.4) is 0 Å². The summed E-state index contributed by atoms with van der Waals surface area (Å²) < 4.78 is 39.9. The van der Waals surface area contributed by atoms with Crippen molar-refractivity contribution in [3.05, 3.63) is 59.7 Å². The normalized spacial score (nSPS) is 26.6. The summed E-state index contributed by atoms with van der Waals surface area (Å²) in [6.07, 6.45) is 6.42. The first kappa shape index (κ1) is 20.4. The number of methoxy groups -OCH3 is 2. The van der Waals surface area contributed by atoms with E-state index in [2.05, 4.69) is 4.72 Å². The van der Waals surface area contributed by atoms with Crippen LogP contribution >= 0.6 is 0 Å². The third-order valence-corrected chi connectivity index (χ3v) is 8.59. The SMILES string of the molecule is COC(=C1C2CC3CC(C2)CC1C3)c1cc(NS(=O)(=O)c2ccccc2)cc(OC)c1. The number of hydrogen-bond acceptors (Lipinski definition) is 4. The first-order valence-corrected chi connectivity index (χ1v) is 12.5. The zero-order chi connectivity index (χ0) is 21.6. The van der Waals surface area contributed by atoms with Gasteiger partial charge in [0.25, 0.3) is 10.0 Å². The monoisotopic (exact) mass is 439 g/mol. The van der Waals surface area contributed by atoms with Crippen LogP contribution in [-0.4, -0.2) is 22.6 Å². The number of nitrogens with one attached hydrogen (secondary N) is 1. The molecule has 0 amide bonds. The summed E-state index contributed by atoms with van der Waals surface area (Å²) in [6, 6.07) is 13.9. The molecule has 4 aliphatic carbocycles. The maximum atomic E-state index is 12.9. The molecule has 4 fully saturated rings. The lowest BCUT2D eigenvalue weighted by Crippen LogP contribution is -2.40. The van der Waals surface area contributed by atoms with Gasteiger partial charge in [-0.2, -0.15) is 0 Å². The van der Waals surface area contributed by atoms with Gasteiger partial charge in [0, 0.05) is 11.6 Å². The smallest absolute Gasteiger partial charge is 0.261 e. The Bertz CT molecular complexity index is 1080. The maximum absolute atomic E-state index is 12.9. The Hall–Kier alpha value is -2.47. The molecule has 6 heteroatoms. The van der Waals surface area contributed by atoms with E-state index in [-0.39, 0.29) is 4.90 Å². The van der Waals surface area contributed by atoms with Gasteiger partial charge < -0.3 is 9.47 Å². The molecule has 0 unspecified atom stereocenters. The first-order valence-electron chi connectivity index (χ1n) is 11.0. The predicted octanol–water partition coefficient (Wildman–Crippen LogP) is 5.31. The number of rotatable bonds is 6. The fourth-order valence-electron chi connectivity index (χ4n) is 6.19. The highest BCUT2D eigenvalue weighted by atomic mass is 32.2. The first-order chi connectivity index (χ1) is 15.0. The van der Waals surface area contributed by atoms with Crippen molar-refractivity contribution >= 4 is 21.5 Å². The topological polar surface area (TPSA) is 64.6 Å². The highest BCUT2D eigenvalue weighted by molar-refractivity contribution is 7.92. The van der Waals surface area contributed by atoms with Crippen LogP contribution in [0.4, 0.5) is 5.69 Å². The van der Waals surface area contributed by atoms with Crippen LogP contribution in [0.15, 0.2) is 59.0 Å². The molecule has 0 aromatic heterocycles. The minimum Gasteiger partial charge on any atom is -0.497 e. The lowest BCUT2D eigenvalue weighted by molar-refractivity contribution is 0.0675. The summed E-state index contributed by atoms with van der Waals surface area (Å²) in [5.74, 6) is 4.39. The van der Waals surface area contributed by atoms with Crippen LogP contribution in [-0.2, 0) is 14.8 Å². The molecular formula is C25H29NO4S. The van der Waals surface area contributed by atoms with E-state index in [0.29, 0.717) is 23.3 Å². The molecule has 0 spiro atoms. The summed E-state index contributed by atoms with van der Waals surface area (Å²) >= 11 is 0. The minimum atomic E-state index is -3.69. The lowest BCUT2D eigenvalue weighted by atomic mass is 9.54. The molecular weight excluding hydrogens is 410 g/mol. The summed E-state index contributed by atoms with van der Waals surface area (Å²) in [4.78, 5) is 0.228. The highest BCUT2D eigenvalue weighted by Gasteiger charge is 2.46. The quantitative estimate of drug-likeness (QED) is 0.620. The Morgan fingerprint density at radius 1 is 0.903 bits per heavy atom. The molecule has 2 aromatic carbocycles. The maximum Gasteiger partial charge on any atom is 0.261 e. The van der Waals surface area contributed by atoms with Gasteiger partial charge in [0.1, 0.15) is 11.5 Å². The molecule has 0 saturated heterocycles. The van der Waals surface area contributed by atoms with Gasteiger partial charge in [0.2, 0.25) is 0 Å². The van der Waals surface area contributed by atoms with Crippen molar-refractivity contribution in [3.8, 4) is 5.75 Å². The molecule has 2 aromatic rings. The van der Waals surface area contributed by atoms with E-state index in [0.717, 1.165) is 23.2 Å². The van der Waals surface area contributed by atoms with Gasteiger partial charge in [-0.3, -0.25) is 4.72 Å². The molecule has 0 aliphatic heterocycles. The molecule has 164 valence electrons. The van der Waals surface area contributed by atoms with E-state index in [4.69, 9.17) is 9.47 Å². The Morgan fingerprint density at radius 2 is 1.55 bits per heavy atom. The minimum absolute atomic E-state index is 0.228. The second kappa shape index (κ2) is 7.90. The molecule has 0 atom stereocenters. The van der Waals surface area contributed by atoms with Crippen LogP contribution in [0, 0.1) is 23.7 Å².